The number of hydrogen-bond acceptors (Lipinski definition) is 2. The Hall–Kier alpha value is -0.860. The predicted octanol–water partition coefficient (Wildman–Crippen LogP) is 4.42. The first-order chi connectivity index (χ1) is 9.58. The van der Waals surface area contributed by atoms with Crippen molar-refractivity contribution in [2.75, 3.05) is 13.7 Å². The maximum absolute atomic E-state index is 5.70. The lowest BCUT2D eigenvalue weighted by molar-refractivity contribution is -0.0110. The summed E-state index contributed by atoms with van der Waals surface area (Å²) in [5, 5.41) is 3.63. The highest BCUT2D eigenvalue weighted by Crippen LogP contribution is 2.37. The van der Waals surface area contributed by atoms with Gasteiger partial charge in [-0.25, -0.2) is 0 Å². The molecule has 0 spiro atoms. The van der Waals surface area contributed by atoms with Crippen LogP contribution in [0.25, 0.3) is 0 Å². The van der Waals surface area contributed by atoms with Gasteiger partial charge in [-0.3, -0.25) is 0 Å². The van der Waals surface area contributed by atoms with Crippen LogP contribution in [0.4, 0.5) is 0 Å². The third kappa shape index (κ3) is 3.42. The number of hydrogen-bond donors (Lipinski definition) is 1. The normalized spacial score (nSPS) is 17.8. The van der Waals surface area contributed by atoms with E-state index in [9.17, 15) is 0 Å². The highest BCUT2D eigenvalue weighted by Gasteiger charge is 2.30. The van der Waals surface area contributed by atoms with Crippen LogP contribution in [0.5, 0.6) is 0 Å². The van der Waals surface area contributed by atoms with Crippen molar-refractivity contribution in [2.24, 2.45) is 0 Å². The Morgan fingerprint density at radius 1 is 1.25 bits per heavy atom. The van der Waals surface area contributed by atoms with Crippen molar-refractivity contribution >= 4 is 0 Å². The van der Waals surface area contributed by atoms with Gasteiger partial charge in [-0.1, -0.05) is 37.6 Å². The molecule has 0 bridgehead atoms. The summed E-state index contributed by atoms with van der Waals surface area (Å²) in [5.41, 5.74) is 2.63. The van der Waals surface area contributed by atoms with Gasteiger partial charge in [0, 0.05) is 7.11 Å². The zero-order valence-corrected chi connectivity index (χ0v) is 13.4. The third-order valence-corrected chi connectivity index (χ3v) is 4.67. The summed E-state index contributed by atoms with van der Waals surface area (Å²) in [5.74, 6) is 0.807. The summed E-state index contributed by atoms with van der Waals surface area (Å²) in [7, 11) is 1.79. The van der Waals surface area contributed by atoms with Gasteiger partial charge in [0.05, 0.1) is 11.6 Å². The Morgan fingerprint density at radius 2 is 1.90 bits per heavy atom. The standard InChI is InChI=1S/C18H29NO/c1-5-13-19-17(18(2,3)20-4)16-11-9-15(10-12-16)14-7-6-8-14/h9-12,14,17,19H,5-8,13H2,1-4H3. The monoisotopic (exact) mass is 275 g/mol. The van der Waals surface area contributed by atoms with Crippen LogP contribution in [0, 0.1) is 0 Å². The summed E-state index contributed by atoms with van der Waals surface area (Å²) in [4.78, 5) is 0. The summed E-state index contributed by atoms with van der Waals surface area (Å²) >= 11 is 0. The molecule has 1 aromatic carbocycles. The van der Waals surface area contributed by atoms with Crippen molar-refractivity contribution in [2.45, 2.75) is 64.0 Å². The Kier molecular flexibility index (Phi) is 5.22. The molecule has 0 amide bonds. The van der Waals surface area contributed by atoms with E-state index in [-0.39, 0.29) is 11.6 Å². The predicted molar refractivity (Wildman–Crippen MR) is 85.2 cm³/mol. The maximum Gasteiger partial charge on any atom is 0.0816 e. The van der Waals surface area contributed by atoms with Crippen LogP contribution in [0.2, 0.25) is 0 Å². The van der Waals surface area contributed by atoms with E-state index >= 15 is 0 Å². The van der Waals surface area contributed by atoms with E-state index in [1.54, 1.807) is 7.11 Å². The summed E-state index contributed by atoms with van der Waals surface area (Å²) in [6, 6.07) is 9.42. The number of methoxy groups -OCH3 is 1. The molecular weight excluding hydrogens is 246 g/mol. The van der Waals surface area contributed by atoms with E-state index in [1.165, 1.54) is 30.4 Å². The molecule has 1 atom stereocenters. The quantitative estimate of drug-likeness (QED) is 0.795. The van der Waals surface area contributed by atoms with Crippen molar-refractivity contribution in [1.29, 1.82) is 0 Å². The van der Waals surface area contributed by atoms with Gasteiger partial charge < -0.3 is 10.1 Å². The third-order valence-electron chi connectivity index (χ3n) is 4.67. The SMILES string of the molecule is CCCNC(c1ccc(C2CCC2)cc1)C(C)(C)OC. The molecule has 1 saturated carbocycles. The van der Waals surface area contributed by atoms with Crippen LogP contribution in [0.1, 0.15) is 69.5 Å². The summed E-state index contributed by atoms with van der Waals surface area (Å²) in [6.45, 7) is 7.52. The number of benzene rings is 1. The van der Waals surface area contributed by atoms with Crippen LogP contribution in [0.3, 0.4) is 0 Å². The van der Waals surface area contributed by atoms with Gasteiger partial charge >= 0.3 is 0 Å². The van der Waals surface area contributed by atoms with Crippen LogP contribution in [-0.4, -0.2) is 19.3 Å². The molecule has 1 aromatic rings. The molecule has 20 heavy (non-hydrogen) atoms. The largest absolute Gasteiger partial charge is 0.377 e. The van der Waals surface area contributed by atoms with Crippen LogP contribution in [0.15, 0.2) is 24.3 Å². The molecule has 112 valence electrons. The molecule has 1 aliphatic rings. The summed E-state index contributed by atoms with van der Waals surface area (Å²) in [6.07, 6.45) is 5.25. The molecule has 1 fully saturated rings. The Labute approximate surface area is 123 Å². The minimum absolute atomic E-state index is 0.201. The first-order valence-corrected chi connectivity index (χ1v) is 7.97. The van der Waals surface area contributed by atoms with Crippen molar-refractivity contribution < 1.29 is 4.74 Å². The molecule has 0 radical (unpaired) electrons. The molecule has 2 nitrogen and oxygen atoms in total. The lowest BCUT2D eigenvalue weighted by Gasteiger charge is -2.35. The topological polar surface area (TPSA) is 21.3 Å². The van der Waals surface area contributed by atoms with Gasteiger partial charge in [-0.05, 0) is 56.7 Å². The Morgan fingerprint density at radius 3 is 2.35 bits per heavy atom. The first kappa shape index (κ1) is 15.5. The van der Waals surface area contributed by atoms with Gasteiger partial charge in [-0.2, -0.15) is 0 Å². The van der Waals surface area contributed by atoms with Gasteiger partial charge in [0.1, 0.15) is 0 Å². The zero-order valence-electron chi connectivity index (χ0n) is 13.4. The van der Waals surface area contributed by atoms with Crippen molar-refractivity contribution in [3.63, 3.8) is 0 Å². The van der Waals surface area contributed by atoms with E-state index in [0.29, 0.717) is 0 Å². The number of rotatable bonds is 7. The van der Waals surface area contributed by atoms with E-state index in [2.05, 4.69) is 50.4 Å². The van der Waals surface area contributed by atoms with Gasteiger partial charge in [0.15, 0.2) is 0 Å². The molecule has 0 heterocycles. The summed E-state index contributed by atoms with van der Waals surface area (Å²) < 4.78 is 5.70. The molecule has 1 N–H and O–H groups in total. The highest BCUT2D eigenvalue weighted by molar-refractivity contribution is 5.29. The van der Waals surface area contributed by atoms with E-state index in [0.717, 1.165) is 18.9 Å². The minimum atomic E-state index is -0.201. The fraction of sp³-hybridized carbons (Fsp3) is 0.667. The van der Waals surface area contributed by atoms with Crippen molar-refractivity contribution in [1.82, 2.24) is 5.32 Å². The minimum Gasteiger partial charge on any atom is -0.377 e. The average Bonchev–Trinajstić information content (AvgIpc) is 2.39. The molecule has 2 heteroatoms. The van der Waals surface area contributed by atoms with E-state index in [4.69, 9.17) is 4.74 Å². The second kappa shape index (κ2) is 6.73. The van der Waals surface area contributed by atoms with E-state index < -0.39 is 0 Å². The zero-order chi connectivity index (χ0) is 14.6. The highest BCUT2D eigenvalue weighted by atomic mass is 16.5. The number of nitrogens with one attached hydrogen (secondary N) is 1. The van der Waals surface area contributed by atoms with Crippen LogP contribution >= 0.6 is 0 Å². The second-order valence-electron chi connectivity index (χ2n) is 6.49. The molecule has 0 aromatic heterocycles. The fourth-order valence-electron chi connectivity index (χ4n) is 2.87. The first-order valence-electron chi connectivity index (χ1n) is 7.97. The molecule has 1 unspecified atom stereocenters. The maximum atomic E-state index is 5.70. The van der Waals surface area contributed by atoms with Crippen LogP contribution in [-0.2, 0) is 4.74 Å². The van der Waals surface area contributed by atoms with Crippen molar-refractivity contribution in [3.8, 4) is 0 Å². The van der Waals surface area contributed by atoms with Crippen molar-refractivity contribution in [3.05, 3.63) is 35.4 Å². The van der Waals surface area contributed by atoms with Gasteiger partial charge in [-0.15, -0.1) is 0 Å². The molecule has 1 aliphatic carbocycles. The second-order valence-corrected chi connectivity index (χ2v) is 6.49. The van der Waals surface area contributed by atoms with Crippen LogP contribution < -0.4 is 5.32 Å². The molecule has 0 aliphatic heterocycles. The fourth-order valence-corrected chi connectivity index (χ4v) is 2.87. The molecular formula is C18H29NO. The lowest BCUT2D eigenvalue weighted by Crippen LogP contribution is -2.41. The lowest BCUT2D eigenvalue weighted by atomic mass is 9.79. The Bertz CT molecular complexity index is 406. The Balaban J connectivity index is 2.14. The average molecular weight is 275 g/mol. The molecule has 0 saturated heterocycles. The smallest absolute Gasteiger partial charge is 0.0816 e. The number of ether oxygens (including phenoxy) is 1. The van der Waals surface area contributed by atoms with Gasteiger partial charge in [0.25, 0.3) is 0 Å². The molecule has 2 rings (SSSR count). The van der Waals surface area contributed by atoms with Gasteiger partial charge in [0.2, 0.25) is 0 Å². The van der Waals surface area contributed by atoms with E-state index in [1.807, 2.05) is 0 Å².